The highest BCUT2D eigenvalue weighted by Gasteiger charge is 2.05. The summed E-state index contributed by atoms with van der Waals surface area (Å²) in [6.07, 6.45) is 0. The molecular formula is C15H14FNO3. The van der Waals surface area contributed by atoms with Gasteiger partial charge < -0.3 is 15.2 Å². The van der Waals surface area contributed by atoms with Crippen LogP contribution in [0.15, 0.2) is 48.5 Å². The molecule has 0 saturated heterocycles. The SMILES string of the molecule is O=C(COc1ccccc1O)NCc1ccc(F)cc1. The standard InChI is InChI=1S/C15H14FNO3/c16-12-7-5-11(6-8-12)9-17-15(19)10-20-14-4-2-1-3-13(14)18/h1-8,18H,9-10H2,(H,17,19). The van der Waals surface area contributed by atoms with Gasteiger partial charge >= 0.3 is 0 Å². The zero-order valence-corrected chi connectivity index (χ0v) is 10.7. The number of phenols is 1. The molecule has 0 heterocycles. The van der Waals surface area contributed by atoms with E-state index in [0.29, 0.717) is 6.54 Å². The number of carbonyl (C=O) groups excluding carboxylic acids is 1. The highest BCUT2D eigenvalue weighted by atomic mass is 19.1. The molecular weight excluding hydrogens is 261 g/mol. The summed E-state index contributed by atoms with van der Waals surface area (Å²) in [4.78, 5) is 11.6. The normalized spacial score (nSPS) is 10.1. The fourth-order valence-electron chi connectivity index (χ4n) is 1.58. The largest absolute Gasteiger partial charge is 0.504 e. The minimum absolute atomic E-state index is 0.0150. The van der Waals surface area contributed by atoms with Gasteiger partial charge in [0, 0.05) is 6.54 Å². The average Bonchev–Trinajstić information content (AvgIpc) is 2.46. The summed E-state index contributed by atoms with van der Waals surface area (Å²) in [6, 6.07) is 12.3. The highest BCUT2D eigenvalue weighted by Crippen LogP contribution is 2.23. The van der Waals surface area contributed by atoms with Gasteiger partial charge in [-0.3, -0.25) is 4.79 Å². The first-order valence-electron chi connectivity index (χ1n) is 6.07. The van der Waals surface area contributed by atoms with Crippen LogP contribution in [-0.4, -0.2) is 17.6 Å². The van der Waals surface area contributed by atoms with E-state index in [-0.39, 0.29) is 29.8 Å². The number of aromatic hydroxyl groups is 1. The molecule has 0 spiro atoms. The number of nitrogens with one attached hydrogen (secondary N) is 1. The molecule has 0 radical (unpaired) electrons. The van der Waals surface area contributed by atoms with Gasteiger partial charge in [0.15, 0.2) is 18.1 Å². The predicted molar refractivity (Wildman–Crippen MR) is 71.8 cm³/mol. The second-order valence-electron chi connectivity index (χ2n) is 4.16. The quantitative estimate of drug-likeness (QED) is 0.879. The van der Waals surface area contributed by atoms with Gasteiger partial charge in [-0.05, 0) is 29.8 Å². The van der Waals surface area contributed by atoms with E-state index in [9.17, 15) is 14.3 Å². The summed E-state index contributed by atoms with van der Waals surface area (Å²) in [7, 11) is 0. The molecule has 0 aliphatic heterocycles. The van der Waals surface area contributed by atoms with Gasteiger partial charge in [-0.2, -0.15) is 0 Å². The van der Waals surface area contributed by atoms with Crippen molar-refractivity contribution in [1.29, 1.82) is 0 Å². The fourth-order valence-corrected chi connectivity index (χ4v) is 1.58. The van der Waals surface area contributed by atoms with Crippen LogP contribution in [0.2, 0.25) is 0 Å². The van der Waals surface area contributed by atoms with E-state index in [4.69, 9.17) is 4.74 Å². The minimum Gasteiger partial charge on any atom is -0.504 e. The van der Waals surface area contributed by atoms with Crippen molar-refractivity contribution in [3.63, 3.8) is 0 Å². The summed E-state index contributed by atoms with van der Waals surface area (Å²) in [5.74, 6) is -0.399. The second kappa shape index (κ2) is 6.56. The summed E-state index contributed by atoms with van der Waals surface area (Å²) in [5, 5.41) is 12.1. The number of hydrogen-bond acceptors (Lipinski definition) is 3. The number of phenolic OH excluding ortho intramolecular Hbond substituents is 1. The number of para-hydroxylation sites is 2. The van der Waals surface area contributed by atoms with Crippen molar-refractivity contribution in [3.8, 4) is 11.5 Å². The number of rotatable bonds is 5. The van der Waals surface area contributed by atoms with Gasteiger partial charge in [0.1, 0.15) is 5.82 Å². The van der Waals surface area contributed by atoms with Crippen LogP contribution < -0.4 is 10.1 Å². The maximum atomic E-state index is 12.7. The van der Waals surface area contributed by atoms with E-state index in [2.05, 4.69) is 5.32 Å². The van der Waals surface area contributed by atoms with Crippen molar-refractivity contribution in [2.45, 2.75) is 6.54 Å². The predicted octanol–water partition coefficient (Wildman–Crippen LogP) is 2.23. The number of ether oxygens (including phenoxy) is 1. The maximum absolute atomic E-state index is 12.7. The first kappa shape index (κ1) is 13.9. The number of halogens is 1. The Morgan fingerprint density at radius 1 is 1.15 bits per heavy atom. The second-order valence-corrected chi connectivity index (χ2v) is 4.16. The molecule has 0 saturated carbocycles. The Hall–Kier alpha value is -2.56. The summed E-state index contributed by atoms with van der Waals surface area (Å²) in [6.45, 7) is 0.0992. The first-order chi connectivity index (χ1) is 9.65. The number of amides is 1. The molecule has 2 aromatic rings. The van der Waals surface area contributed by atoms with Crippen molar-refractivity contribution in [2.24, 2.45) is 0 Å². The van der Waals surface area contributed by atoms with Crippen molar-refractivity contribution < 1.29 is 19.0 Å². The number of benzene rings is 2. The van der Waals surface area contributed by atoms with Crippen LogP contribution in [-0.2, 0) is 11.3 Å². The first-order valence-corrected chi connectivity index (χ1v) is 6.07. The van der Waals surface area contributed by atoms with Gasteiger partial charge in [-0.1, -0.05) is 24.3 Å². The lowest BCUT2D eigenvalue weighted by Gasteiger charge is -2.08. The molecule has 104 valence electrons. The van der Waals surface area contributed by atoms with Crippen LogP contribution in [0.25, 0.3) is 0 Å². The van der Waals surface area contributed by atoms with Crippen molar-refractivity contribution in [3.05, 3.63) is 59.9 Å². The molecule has 0 aliphatic carbocycles. The molecule has 0 aliphatic rings. The van der Waals surface area contributed by atoms with E-state index in [1.54, 1.807) is 30.3 Å². The Balaban J connectivity index is 1.78. The summed E-state index contributed by atoms with van der Waals surface area (Å²) < 4.78 is 17.9. The molecule has 0 bridgehead atoms. The van der Waals surface area contributed by atoms with E-state index in [0.717, 1.165) is 5.56 Å². The van der Waals surface area contributed by atoms with Crippen molar-refractivity contribution in [2.75, 3.05) is 6.61 Å². The van der Waals surface area contributed by atoms with Gasteiger partial charge in [0.05, 0.1) is 0 Å². The summed E-state index contributed by atoms with van der Waals surface area (Å²) in [5.41, 5.74) is 0.794. The van der Waals surface area contributed by atoms with Gasteiger partial charge in [-0.15, -0.1) is 0 Å². The molecule has 2 N–H and O–H groups in total. The van der Waals surface area contributed by atoms with Crippen LogP contribution in [0, 0.1) is 5.82 Å². The van der Waals surface area contributed by atoms with Gasteiger partial charge in [0.25, 0.3) is 5.91 Å². The lowest BCUT2D eigenvalue weighted by molar-refractivity contribution is -0.123. The molecule has 0 atom stereocenters. The molecule has 4 nitrogen and oxygen atoms in total. The lowest BCUT2D eigenvalue weighted by atomic mass is 10.2. The monoisotopic (exact) mass is 275 g/mol. The fraction of sp³-hybridized carbons (Fsp3) is 0.133. The third kappa shape index (κ3) is 3.98. The highest BCUT2D eigenvalue weighted by molar-refractivity contribution is 5.77. The number of carbonyl (C=O) groups is 1. The van der Waals surface area contributed by atoms with E-state index < -0.39 is 0 Å². The molecule has 2 rings (SSSR count). The minimum atomic E-state index is -0.322. The van der Waals surface area contributed by atoms with Crippen molar-refractivity contribution in [1.82, 2.24) is 5.32 Å². The Morgan fingerprint density at radius 3 is 2.55 bits per heavy atom. The molecule has 0 aromatic heterocycles. The topological polar surface area (TPSA) is 58.6 Å². The van der Waals surface area contributed by atoms with Gasteiger partial charge in [-0.25, -0.2) is 4.39 Å². The Labute approximate surface area is 115 Å². The molecule has 2 aromatic carbocycles. The van der Waals surface area contributed by atoms with Crippen LogP contribution in [0.4, 0.5) is 4.39 Å². The zero-order valence-electron chi connectivity index (χ0n) is 10.7. The molecule has 0 unspecified atom stereocenters. The average molecular weight is 275 g/mol. The van der Waals surface area contributed by atoms with E-state index in [1.807, 2.05) is 0 Å². The third-order valence-electron chi connectivity index (χ3n) is 2.63. The van der Waals surface area contributed by atoms with E-state index in [1.165, 1.54) is 18.2 Å². The number of hydrogen-bond donors (Lipinski definition) is 2. The molecule has 20 heavy (non-hydrogen) atoms. The van der Waals surface area contributed by atoms with Crippen LogP contribution in [0.3, 0.4) is 0 Å². The molecule has 5 heteroatoms. The molecule has 0 fully saturated rings. The Bertz CT molecular complexity index is 584. The van der Waals surface area contributed by atoms with E-state index >= 15 is 0 Å². The van der Waals surface area contributed by atoms with Gasteiger partial charge in [0.2, 0.25) is 0 Å². The Kier molecular flexibility index (Phi) is 4.55. The maximum Gasteiger partial charge on any atom is 0.258 e. The summed E-state index contributed by atoms with van der Waals surface area (Å²) >= 11 is 0. The van der Waals surface area contributed by atoms with Crippen molar-refractivity contribution >= 4 is 5.91 Å². The lowest BCUT2D eigenvalue weighted by Crippen LogP contribution is -2.28. The Morgan fingerprint density at radius 2 is 1.85 bits per heavy atom. The zero-order chi connectivity index (χ0) is 14.4. The van der Waals surface area contributed by atoms with Crippen LogP contribution >= 0.6 is 0 Å². The smallest absolute Gasteiger partial charge is 0.258 e. The van der Waals surface area contributed by atoms with Crippen LogP contribution in [0.1, 0.15) is 5.56 Å². The third-order valence-corrected chi connectivity index (χ3v) is 2.63. The van der Waals surface area contributed by atoms with Crippen LogP contribution in [0.5, 0.6) is 11.5 Å². The molecule has 1 amide bonds.